The first-order valence-corrected chi connectivity index (χ1v) is 17.1. The molecule has 0 radical (unpaired) electrons. The Kier molecular flexibility index (Phi) is 28.4. The topological polar surface area (TPSA) is 143 Å². The predicted molar refractivity (Wildman–Crippen MR) is 168 cm³/mol. The first kappa shape index (κ1) is 40.4. The molecular weight excluding hydrogens is 559 g/mol. The molecule has 0 aromatic carbocycles. The molecule has 42 heavy (non-hydrogen) atoms. The van der Waals surface area contributed by atoms with Gasteiger partial charge in [-0.25, -0.2) is 4.57 Å². The van der Waals surface area contributed by atoms with E-state index < -0.39 is 45.8 Å². The molecule has 0 aliphatic heterocycles. The number of carbonyl (C=O) groups is 1. The fourth-order valence-electron chi connectivity index (χ4n) is 3.80. The number of phosphoric ester groups is 1. The molecule has 3 unspecified atom stereocenters. The summed E-state index contributed by atoms with van der Waals surface area (Å²) in [5.41, 5.74) is 0. The highest BCUT2D eigenvalue weighted by Crippen LogP contribution is 2.43. The summed E-state index contributed by atoms with van der Waals surface area (Å²) in [6, 6.07) is 0. The molecular formula is C32H57O9P. The number of phosphoric acid groups is 1. The van der Waals surface area contributed by atoms with Gasteiger partial charge in [-0.15, -0.1) is 0 Å². The Balaban J connectivity index is 3.50. The second kappa shape index (κ2) is 29.5. The third-order valence-electron chi connectivity index (χ3n) is 6.23. The van der Waals surface area contributed by atoms with Crippen LogP contribution >= 0.6 is 7.82 Å². The van der Waals surface area contributed by atoms with Gasteiger partial charge in [-0.05, 0) is 44.9 Å². The average Bonchev–Trinajstić information content (AvgIpc) is 2.98. The second-order valence-electron chi connectivity index (χ2n) is 10.3. The Bertz CT molecular complexity index is 795. The smallest absolute Gasteiger partial charge is 0.463 e. The lowest BCUT2D eigenvalue weighted by atomic mass is 10.1. The Labute approximate surface area is 254 Å². The second-order valence-corrected chi connectivity index (χ2v) is 11.8. The summed E-state index contributed by atoms with van der Waals surface area (Å²) in [5, 5.41) is 27.5. The van der Waals surface area contributed by atoms with Crippen LogP contribution in [0.5, 0.6) is 0 Å². The summed E-state index contributed by atoms with van der Waals surface area (Å²) in [6.07, 6.45) is 32.2. The molecule has 0 aromatic heterocycles. The Morgan fingerprint density at radius 1 is 0.667 bits per heavy atom. The van der Waals surface area contributed by atoms with Gasteiger partial charge < -0.3 is 24.9 Å². The first-order valence-electron chi connectivity index (χ1n) is 15.6. The van der Waals surface area contributed by atoms with E-state index in [0.29, 0.717) is 0 Å². The number of aliphatic hydroxyl groups is 3. The minimum Gasteiger partial charge on any atom is -0.463 e. The summed E-state index contributed by atoms with van der Waals surface area (Å²) in [5.74, 6) is -0.436. The molecule has 0 bridgehead atoms. The normalized spacial score (nSPS) is 15.3. The fraction of sp³-hybridized carbons (Fsp3) is 0.719. The van der Waals surface area contributed by atoms with Crippen molar-refractivity contribution in [3.63, 3.8) is 0 Å². The van der Waals surface area contributed by atoms with Crippen molar-refractivity contribution in [3.05, 3.63) is 48.6 Å². The number of rotatable bonds is 29. The number of hydrogen-bond acceptors (Lipinski definition) is 8. The highest BCUT2D eigenvalue weighted by atomic mass is 31.2. The van der Waals surface area contributed by atoms with Crippen LogP contribution in [-0.4, -0.2) is 64.8 Å². The summed E-state index contributed by atoms with van der Waals surface area (Å²) < 4.78 is 25.6. The van der Waals surface area contributed by atoms with Crippen molar-refractivity contribution in [2.75, 3.05) is 26.4 Å². The number of ether oxygens (including phenoxy) is 1. The third-order valence-corrected chi connectivity index (χ3v) is 7.18. The van der Waals surface area contributed by atoms with Gasteiger partial charge in [-0.1, -0.05) is 107 Å². The molecule has 0 fully saturated rings. The van der Waals surface area contributed by atoms with Crippen LogP contribution in [0.25, 0.3) is 0 Å². The maximum atomic E-state index is 11.8. The molecule has 0 saturated heterocycles. The molecule has 0 rings (SSSR count). The third kappa shape index (κ3) is 29.9. The van der Waals surface area contributed by atoms with Crippen molar-refractivity contribution in [1.29, 1.82) is 0 Å². The van der Waals surface area contributed by atoms with Crippen molar-refractivity contribution < 1.29 is 43.4 Å². The van der Waals surface area contributed by atoms with E-state index >= 15 is 0 Å². The van der Waals surface area contributed by atoms with Crippen LogP contribution in [-0.2, 0) is 23.1 Å². The molecule has 9 nitrogen and oxygen atoms in total. The molecule has 0 aliphatic rings. The molecule has 0 heterocycles. The summed E-state index contributed by atoms with van der Waals surface area (Å²) >= 11 is 0. The number of esters is 1. The number of aliphatic hydroxyl groups excluding tert-OH is 3. The quantitative estimate of drug-likeness (QED) is 0.0307. The molecule has 10 heteroatoms. The highest BCUT2D eigenvalue weighted by Gasteiger charge is 2.24. The number of allylic oxidation sites excluding steroid dienone is 8. The monoisotopic (exact) mass is 616 g/mol. The van der Waals surface area contributed by atoms with Crippen LogP contribution in [0.1, 0.15) is 110 Å². The largest absolute Gasteiger partial charge is 0.472 e. The van der Waals surface area contributed by atoms with Crippen LogP contribution in [0.4, 0.5) is 0 Å². The molecule has 4 N–H and O–H groups in total. The van der Waals surface area contributed by atoms with E-state index in [2.05, 4.69) is 64.6 Å². The predicted octanol–water partition coefficient (Wildman–Crippen LogP) is 6.86. The maximum Gasteiger partial charge on any atom is 0.472 e. The van der Waals surface area contributed by atoms with Crippen LogP contribution in [0.15, 0.2) is 48.6 Å². The van der Waals surface area contributed by atoms with E-state index in [4.69, 9.17) is 14.9 Å². The standard InChI is InChI=1S/C32H57O9P/c1-2-3-4-5-6-7-8-9-10-11-12-13-14-15-16-17-18-19-20-21-22-23-24-25-32(36)39-27-31(35)29-41-42(37,38)40-28-30(34)26-33/h3-4,6-7,9-10,12-13,30-31,33-35H,2,5,8,11,14-29H2,1H3,(H,37,38)/b4-3-,7-6-,10-9-,13-12-. The number of hydrogen-bond donors (Lipinski definition) is 4. The number of unbranched alkanes of at least 4 members (excludes halogenated alkanes) is 10. The molecule has 0 spiro atoms. The fourth-order valence-corrected chi connectivity index (χ4v) is 4.60. The van der Waals surface area contributed by atoms with Crippen LogP contribution in [0.2, 0.25) is 0 Å². The van der Waals surface area contributed by atoms with Crippen molar-refractivity contribution in [2.45, 2.75) is 122 Å². The van der Waals surface area contributed by atoms with Gasteiger partial charge in [0.25, 0.3) is 0 Å². The van der Waals surface area contributed by atoms with E-state index in [1.54, 1.807) is 0 Å². The first-order chi connectivity index (χ1) is 20.3. The van der Waals surface area contributed by atoms with Gasteiger partial charge in [-0.2, -0.15) is 0 Å². The average molecular weight is 617 g/mol. The lowest BCUT2D eigenvalue weighted by Gasteiger charge is -2.16. The Morgan fingerprint density at radius 2 is 1.12 bits per heavy atom. The van der Waals surface area contributed by atoms with E-state index in [0.717, 1.165) is 57.8 Å². The van der Waals surface area contributed by atoms with Gasteiger partial charge in [0.15, 0.2) is 0 Å². The summed E-state index contributed by atoms with van der Waals surface area (Å²) in [6.45, 7) is -0.0185. The molecule has 0 saturated carbocycles. The zero-order valence-corrected chi connectivity index (χ0v) is 26.6. The van der Waals surface area contributed by atoms with Crippen molar-refractivity contribution in [3.8, 4) is 0 Å². The molecule has 0 amide bonds. The zero-order chi connectivity index (χ0) is 31.2. The Hall–Kier alpha value is -1.58. The summed E-state index contributed by atoms with van der Waals surface area (Å²) in [4.78, 5) is 21.2. The highest BCUT2D eigenvalue weighted by molar-refractivity contribution is 7.47. The molecule has 0 aliphatic carbocycles. The van der Waals surface area contributed by atoms with Gasteiger partial charge in [0.2, 0.25) is 0 Å². The molecule has 0 aromatic rings. The van der Waals surface area contributed by atoms with E-state index in [1.165, 1.54) is 38.5 Å². The lowest BCUT2D eigenvalue weighted by molar-refractivity contribution is -0.147. The van der Waals surface area contributed by atoms with Crippen LogP contribution < -0.4 is 0 Å². The zero-order valence-electron chi connectivity index (χ0n) is 25.7. The van der Waals surface area contributed by atoms with E-state index in [1.807, 2.05) is 0 Å². The van der Waals surface area contributed by atoms with E-state index in [9.17, 15) is 19.4 Å². The SMILES string of the molecule is CC/C=C\C/C=C\C/C=C\C/C=C\CCCCCCCCCCCCC(=O)OCC(O)COP(=O)(O)OCC(O)CO. The Morgan fingerprint density at radius 3 is 1.64 bits per heavy atom. The molecule has 244 valence electrons. The maximum absolute atomic E-state index is 11.8. The van der Waals surface area contributed by atoms with Crippen LogP contribution in [0, 0.1) is 0 Å². The van der Waals surface area contributed by atoms with Crippen molar-refractivity contribution >= 4 is 13.8 Å². The van der Waals surface area contributed by atoms with Crippen LogP contribution in [0.3, 0.4) is 0 Å². The lowest BCUT2D eigenvalue weighted by Crippen LogP contribution is -2.24. The van der Waals surface area contributed by atoms with Gasteiger partial charge in [0.1, 0.15) is 18.8 Å². The van der Waals surface area contributed by atoms with Gasteiger partial charge in [0.05, 0.1) is 19.8 Å². The minimum atomic E-state index is -4.49. The van der Waals surface area contributed by atoms with Crippen molar-refractivity contribution in [1.82, 2.24) is 0 Å². The van der Waals surface area contributed by atoms with Gasteiger partial charge >= 0.3 is 13.8 Å². The van der Waals surface area contributed by atoms with Gasteiger partial charge in [-0.3, -0.25) is 13.8 Å². The van der Waals surface area contributed by atoms with Crippen molar-refractivity contribution in [2.24, 2.45) is 0 Å². The van der Waals surface area contributed by atoms with Gasteiger partial charge in [0, 0.05) is 6.42 Å². The number of carbonyl (C=O) groups excluding carboxylic acids is 1. The molecule has 3 atom stereocenters. The van der Waals surface area contributed by atoms with E-state index in [-0.39, 0.29) is 13.0 Å². The minimum absolute atomic E-state index is 0.257. The summed E-state index contributed by atoms with van der Waals surface area (Å²) in [7, 11) is -4.49.